The highest BCUT2D eigenvalue weighted by atomic mass is 19.1. The van der Waals surface area contributed by atoms with Crippen molar-refractivity contribution in [1.82, 2.24) is 10.2 Å². The van der Waals surface area contributed by atoms with Crippen molar-refractivity contribution in [2.45, 2.75) is 38.5 Å². The number of para-hydroxylation sites is 1. The third kappa shape index (κ3) is 5.12. The van der Waals surface area contributed by atoms with Crippen LogP contribution in [0.2, 0.25) is 0 Å². The van der Waals surface area contributed by atoms with Crippen molar-refractivity contribution >= 4 is 11.8 Å². The van der Waals surface area contributed by atoms with Crippen molar-refractivity contribution in [3.05, 3.63) is 65.0 Å². The first-order valence-corrected chi connectivity index (χ1v) is 11.4. The number of nitrogens with one attached hydrogen (secondary N) is 1. The molecule has 32 heavy (non-hydrogen) atoms. The van der Waals surface area contributed by atoms with E-state index in [4.69, 9.17) is 4.74 Å². The number of hydrogen-bond donors (Lipinski definition) is 1. The van der Waals surface area contributed by atoms with Gasteiger partial charge in [0.15, 0.2) is 0 Å². The van der Waals surface area contributed by atoms with Gasteiger partial charge in [-0.05, 0) is 61.4 Å². The lowest BCUT2D eigenvalue weighted by atomic mass is 9.83. The van der Waals surface area contributed by atoms with Gasteiger partial charge in [0.1, 0.15) is 11.6 Å². The molecule has 0 spiro atoms. The second kappa shape index (κ2) is 9.72. The van der Waals surface area contributed by atoms with E-state index in [0.717, 1.165) is 29.7 Å². The molecule has 2 amide bonds. The molecule has 1 aliphatic carbocycles. The standard InChI is InChI=1S/C26H31FN2O3/c1-17-13-20(9-10-23(17)27)21-14-22(16-29(15-21)26(31)19-7-8-19)25(30)28-12-11-18-5-3-4-6-24(18)32-2/h3-6,9-10,13,19,21-22H,7-8,11-12,14-16H2,1-2H3,(H,28,30). The summed E-state index contributed by atoms with van der Waals surface area (Å²) in [6.07, 6.45) is 3.20. The molecule has 1 saturated carbocycles. The summed E-state index contributed by atoms with van der Waals surface area (Å²) in [5.74, 6) is 0.555. The molecule has 2 fully saturated rings. The van der Waals surface area contributed by atoms with E-state index in [1.807, 2.05) is 35.2 Å². The number of methoxy groups -OCH3 is 1. The maximum Gasteiger partial charge on any atom is 0.225 e. The summed E-state index contributed by atoms with van der Waals surface area (Å²) in [6, 6.07) is 12.9. The van der Waals surface area contributed by atoms with Crippen molar-refractivity contribution in [1.29, 1.82) is 0 Å². The fourth-order valence-electron chi connectivity index (χ4n) is 4.60. The average Bonchev–Trinajstić information content (AvgIpc) is 3.66. The highest BCUT2D eigenvalue weighted by molar-refractivity contribution is 5.83. The van der Waals surface area contributed by atoms with E-state index >= 15 is 0 Å². The van der Waals surface area contributed by atoms with Crippen LogP contribution < -0.4 is 10.1 Å². The first-order valence-electron chi connectivity index (χ1n) is 11.4. The average molecular weight is 439 g/mol. The largest absolute Gasteiger partial charge is 0.496 e. The van der Waals surface area contributed by atoms with Crippen molar-refractivity contribution in [2.24, 2.45) is 11.8 Å². The van der Waals surface area contributed by atoms with Gasteiger partial charge in [-0.1, -0.05) is 30.3 Å². The number of hydrogen-bond acceptors (Lipinski definition) is 3. The number of piperidine rings is 1. The zero-order valence-electron chi connectivity index (χ0n) is 18.8. The molecule has 1 aliphatic heterocycles. The van der Waals surface area contributed by atoms with Crippen LogP contribution in [0, 0.1) is 24.6 Å². The number of rotatable bonds is 7. The number of ether oxygens (including phenoxy) is 1. The van der Waals surface area contributed by atoms with Crippen LogP contribution in [-0.4, -0.2) is 43.5 Å². The molecule has 1 saturated heterocycles. The lowest BCUT2D eigenvalue weighted by Crippen LogP contribution is -2.48. The van der Waals surface area contributed by atoms with E-state index in [9.17, 15) is 14.0 Å². The van der Waals surface area contributed by atoms with Crippen molar-refractivity contribution in [3.63, 3.8) is 0 Å². The van der Waals surface area contributed by atoms with Gasteiger partial charge in [0.05, 0.1) is 13.0 Å². The molecule has 1 N–H and O–H groups in total. The van der Waals surface area contributed by atoms with Crippen LogP contribution in [0.3, 0.4) is 0 Å². The maximum atomic E-state index is 13.8. The predicted octanol–water partition coefficient (Wildman–Crippen LogP) is 3.84. The molecule has 1 heterocycles. The van der Waals surface area contributed by atoms with Crippen LogP contribution in [-0.2, 0) is 16.0 Å². The topological polar surface area (TPSA) is 58.6 Å². The third-order valence-electron chi connectivity index (χ3n) is 6.60. The van der Waals surface area contributed by atoms with Crippen LogP contribution >= 0.6 is 0 Å². The molecule has 0 radical (unpaired) electrons. The van der Waals surface area contributed by atoms with Gasteiger partial charge in [-0.15, -0.1) is 0 Å². The molecule has 2 unspecified atom stereocenters. The Hall–Kier alpha value is -2.89. The van der Waals surface area contributed by atoms with Gasteiger partial charge in [-0.3, -0.25) is 9.59 Å². The zero-order valence-corrected chi connectivity index (χ0v) is 18.8. The van der Waals surface area contributed by atoms with E-state index in [1.54, 1.807) is 20.1 Å². The Morgan fingerprint density at radius 1 is 1.12 bits per heavy atom. The molecular weight excluding hydrogens is 407 g/mol. The molecule has 2 aromatic rings. The Morgan fingerprint density at radius 3 is 2.62 bits per heavy atom. The van der Waals surface area contributed by atoms with Crippen LogP contribution in [0.5, 0.6) is 5.75 Å². The highest BCUT2D eigenvalue weighted by Crippen LogP contribution is 2.36. The van der Waals surface area contributed by atoms with Gasteiger partial charge < -0.3 is 15.0 Å². The molecule has 0 aromatic heterocycles. The minimum absolute atomic E-state index is 0.0238. The van der Waals surface area contributed by atoms with Gasteiger partial charge in [0.25, 0.3) is 0 Å². The molecule has 170 valence electrons. The summed E-state index contributed by atoms with van der Waals surface area (Å²) in [7, 11) is 1.64. The van der Waals surface area contributed by atoms with E-state index in [0.29, 0.717) is 38.0 Å². The number of amides is 2. The van der Waals surface area contributed by atoms with Crippen LogP contribution in [0.15, 0.2) is 42.5 Å². The van der Waals surface area contributed by atoms with Crippen molar-refractivity contribution in [2.75, 3.05) is 26.7 Å². The maximum absolute atomic E-state index is 13.8. The molecule has 0 bridgehead atoms. The van der Waals surface area contributed by atoms with E-state index < -0.39 is 0 Å². The quantitative estimate of drug-likeness (QED) is 0.715. The highest BCUT2D eigenvalue weighted by Gasteiger charge is 2.39. The minimum atomic E-state index is -0.278. The fraction of sp³-hybridized carbons (Fsp3) is 0.462. The Morgan fingerprint density at radius 2 is 1.91 bits per heavy atom. The van der Waals surface area contributed by atoms with Gasteiger partial charge in [-0.2, -0.15) is 0 Å². The Balaban J connectivity index is 1.43. The molecule has 2 aliphatic rings. The van der Waals surface area contributed by atoms with E-state index in [2.05, 4.69) is 5.32 Å². The lowest BCUT2D eigenvalue weighted by molar-refractivity contribution is -0.137. The first-order chi connectivity index (χ1) is 15.5. The molecular formula is C26H31FN2O3. The summed E-state index contributed by atoms with van der Waals surface area (Å²) in [4.78, 5) is 27.7. The monoisotopic (exact) mass is 438 g/mol. The Bertz CT molecular complexity index is 989. The smallest absolute Gasteiger partial charge is 0.225 e. The number of halogens is 1. The number of benzene rings is 2. The summed E-state index contributed by atoms with van der Waals surface area (Å²) in [5.41, 5.74) is 2.62. The Kier molecular flexibility index (Phi) is 6.77. The SMILES string of the molecule is COc1ccccc1CCNC(=O)C1CC(c2ccc(F)c(C)c2)CN(C(=O)C2CC2)C1. The van der Waals surface area contributed by atoms with Crippen LogP contribution in [0.25, 0.3) is 0 Å². The number of carbonyl (C=O) groups is 2. The molecule has 4 rings (SSSR count). The second-order valence-electron chi connectivity index (χ2n) is 9.01. The summed E-state index contributed by atoms with van der Waals surface area (Å²) < 4.78 is 19.2. The van der Waals surface area contributed by atoms with Gasteiger partial charge in [0.2, 0.25) is 11.8 Å². The van der Waals surface area contributed by atoms with Crippen LogP contribution in [0.4, 0.5) is 4.39 Å². The normalized spacial score (nSPS) is 20.7. The van der Waals surface area contributed by atoms with Gasteiger partial charge in [-0.25, -0.2) is 4.39 Å². The zero-order chi connectivity index (χ0) is 22.7. The number of likely N-dealkylation sites (tertiary alicyclic amines) is 1. The third-order valence-corrected chi connectivity index (χ3v) is 6.60. The van der Waals surface area contributed by atoms with Crippen molar-refractivity contribution in [3.8, 4) is 5.75 Å². The second-order valence-corrected chi connectivity index (χ2v) is 9.01. The van der Waals surface area contributed by atoms with E-state index in [1.165, 1.54) is 6.07 Å². The first kappa shape index (κ1) is 22.3. The van der Waals surface area contributed by atoms with Crippen molar-refractivity contribution < 1.29 is 18.7 Å². The minimum Gasteiger partial charge on any atom is -0.496 e. The number of carbonyl (C=O) groups excluding carboxylic acids is 2. The van der Waals surface area contributed by atoms with Gasteiger partial charge in [0, 0.05) is 31.5 Å². The number of aryl methyl sites for hydroxylation is 1. The lowest BCUT2D eigenvalue weighted by Gasteiger charge is -2.37. The summed E-state index contributed by atoms with van der Waals surface area (Å²) >= 11 is 0. The molecule has 6 heteroatoms. The molecule has 2 atom stereocenters. The number of nitrogens with zero attached hydrogens (tertiary/aromatic N) is 1. The summed E-state index contributed by atoms with van der Waals surface area (Å²) in [6.45, 7) is 3.29. The molecule has 5 nitrogen and oxygen atoms in total. The van der Waals surface area contributed by atoms with E-state index in [-0.39, 0.29) is 35.4 Å². The van der Waals surface area contributed by atoms with Crippen LogP contribution in [0.1, 0.15) is 41.9 Å². The molecule has 2 aromatic carbocycles. The summed E-state index contributed by atoms with van der Waals surface area (Å²) in [5, 5.41) is 3.06. The van der Waals surface area contributed by atoms with Gasteiger partial charge >= 0.3 is 0 Å². The fourth-order valence-corrected chi connectivity index (χ4v) is 4.60. The predicted molar refractivity (Wildman–Crippen MR) is 121 cm³/mol. The Labute approximate surface area is 188 Å².